The molecule has 168 valence electrons. The van der Waals surface area contributed by atoms with Crippen LogP contribution < -0.4 is 23.8 Å². The third kappa shape index (κ3) is 3.62. The highest BCUT2D eigenvalue weighted by Crippen LogP contribution is 2.45. The molecule has 1 N–H and O–H groups in total. The van der Waals surface area contributed by atoms with Crippen molar-refractivity contribution in [2.75, 3.05) is 25.9 Å². The van der Waals surface area contributed by atoms with Crippen molar-refractivity contribution < 1.29 is 33.6 Å². The zero-order chi connectivity index (χ0) is 23.0. The maximum atomic E-state index is 13.2. The van der Waals surface area contributed by atoms with Crippen molar-refractivity contribution in [3.63, 3.8) is 0 Å². The molecule has 2 aliphatic rings. The largest absolute Gasteiger partial charge is 0.503 e. The fraction of sp³-hybridized carbons (Fsp3) is 0.333. The van der Waals surface area contributed by atoms with Crippen molar-refractivity contribution in [1.29, 1.82) is 0 Å². The summed E-state index contributed by atoms with van der Waals surface area (Å²) in [6.07, 6.45) is 0.200. The molecular formula is C24H25NO7. The molecule has 1 unspecified atom stereocenters. The van der Waals surface area contributed by atoms with Gasteiger partial charge >= 0.3 is 0 Å². The van der Waals surface area contributed by atoms with Crippen LogP contribution in [0.4, 0.5) is 5.69 Å². The van der Waals surface area contributed by atoms with Gasteiger partial charge in [0.05, 0.1) is 25.8 Å². The summed E-state index contributed by atoms with van der Waals surface area (Å²) in [5.41, 5.74) is 1.14. The summed E-state index contributed by atoms with van der Waals surface area (Å²) in [4.78, 5) is 27.7. The third-order valence-corrected chi connectivity index (χ3v) is 5.46. The minimum Gasteiger partial charge on any atom is -0.503 e. The van der Waals surface area contributed by atoms with Gasteiger partial charge < -0.3 is 24.1 Å². The number of ketones is 1. The SMILES string of the molecule is COc1ccc(C2C(C(=O)CC(C)C)=C(O)C(=O)N2c2ccc3c(c2)OCO3)cc1OC. The molecule has 8 nitrogen and oxygen atoms in total. The maximum Gasteiger partial charge on any atom is 0.294 e. The molecule has 8 heteroatoms. The number of methoxy groups -OCH3 is 2. The number of anilines is 1. The third-order valence-electron chi connectivity index (χ3n) is 5.46. The zero-order valence-corrected chi connectivity index (χ0v) is 18.4. The Morgan fingerprint density at radius 1 is 1.09 bits per heavy atom. The molecule has 0 saturated heterocycles. The zero-order valence-electron chi connectivity index (χ0n) is 18.4. The molecule has 2 heterocycles. The van der Waals surface area contributed by atoms with Gasteiger partial charge in [-0.15, -0.1) is 0 Å². The molecule has 1 amide bonds. The molecule has 1 atom stereocenters. The summed E-state index contributed by atoms with van der Waals surface area (Å²) in [5.74, 6) is 0.587. The van der Waals surface area contributed by atoms with E-state index in [0.717, 1.165) is 0 Å². The molecule has 32 heavy (non-hydrogen) atoms. The lowest BCUT2D eigenvalue weighted by atomic mass is 9.91. The van der Waals surface area contributed by atoms with Crippen molar-refractivity contribution in [2.45, 2.75) is 26.3 Å². The number of aliphatic hydroxyl groups excluding tert-OH is 1. The minimum absolute atomic E-state index is 0.0588. The molecule has 4 rings (SSSR count). The Hall–Kier alpha value is -3.68. The molecular weight excluding hydrogens is 414 g/mol. The van der Waals surface area contributed by atoms with Crippen LogP contribution in [0.3, 0.4) is 0 Å². The summed E-state index contributed by atoms with van der Waals surface area (Å²) in [6.45, 7) is 3.91. The number of benzene rings is 2. The fourth-order valence-corrected chi connectivity index (χ4v) is 4.01. The van der Waals surface area contributed by atoms with E-state index in [1.807, 2.05) is 13.8 Å². The number of hydrogen-bond donors (Lipinski definition) is 1. The van der Waals surface area contributed by atoms with E-state index < -0.39 is 17.7 Å². The van der Waals surface area contributed by atoms with Gasteiger partial charge in [0.1, 0.15) is 0 Å². The molecule has 0 saturated carbocycles. The lowest BCUT2D eigenvalue weighted by molar-refractivity contribution is -0.118. The first-order valence-corrected chi connectivity index (χ1v) is 10.3. The Morgan fingerprint density at radius 3 is 2.50 bits per heavy atom. The van der Waals surface area contributed by atoms with E-state index in [2.05, 4.69) is 0 Å². The number of aliphatic hydroxyl groups is 1. The van der Waals surface area contributed by atoms with Gasteiger partial charge in [0, 0.05) is 18.2 Å². The summed E-state index contributed by atoms with van der Waals surface area (Å²) < 4.78 is 21.6. The first-order valence-electron chi connectivity index (χ1n) is 10.3. The van der Waals surface area contributed by atoms with Crippen molar-refractivity contribution in [2.24, 2.45) is 5.92 Å². The van der Waals surface area contributed by atoms with Gasteiger partial charge in [-0.1, -0.05) is 19.9 Å². The highest BCUT2D eigenvalue weighted by Gasteiger charge is 2.44. The molecule has 0 spiro atoms. The molecule has 0 aliphatic carbocycles. The Morgan fingerprint density at radius 2 is 1.81 bits per heavy atom. The van der Waals surface area contributed by atoms with Crippen molar-refractivity contribution in [1.82, 2.24) is 0 Å². The number of rotatable bonds is 7. The van der Waals surface area contributed by atoms with Gasteiger partial charge in [0.2, 0.25) is 6.79 Å². The lowest BCUT2D eigenvalue weighted by Crippen LogP contribution is -2.31. The number of ether oxygens (including phenoxy) is 4. The van der Waals surface area contributed by atoms with E-state index in [-0.39, 0.29) is 30.5 Å². The predicted octanol–water partition coefficient (Wildman–Crippen LogP) is 3.95. The number of carbonyl (C=O) groups is 2. The van der Waals surface area contributed by atoms with E-state index in [4.69, 9.17) is 18.9 Å². The smallest absolute Gasteiger partial charge is 0.294 e. The molecule has 0 radical (unpaired) electrons. The Labute approximate surface area is 185 Å². The Kier molecular flexibility index (Phi) is 5.69. The van der Waals surface area contributed by atoms with Crippen LogP contribution in [0.25, 0.3) is 0 Å². The van der Waals surface area contributed by atoms with Crippen LogP contribution in [0.2, 0.25) is 0 Å². The Bertz CT molecular complexity index is 1110. The second-order valence-corrected chi connectivity index (χ2v) is 8.01. The monoisotopic (exact) mass is 439 g/mol. The van der Waals surface area contributed by atoms with E-state index in [0.29, 0.717) is 34.2 Å². The number of Topliss-reactive ketones (excluding diaryl/α,β-unsaturated/α-hetero) is 1. The minimum atomic E-state index is -0.839. The van der Waals surface area contributed by atoms with Crippen molar-refractivity contribution in [3.05, 3.63) is 53.3 Å². The highest BCUT2D eigenvalue weighted by molar-refractivity contribution is 6.16. The number of fused-ring (bicyclic) bond motifs is 1. The summed E-state index contributed by atoms with van der Waals surface area (Å²) in [5, 5.41) is 10.8. The van der Waals surface area contributed by atoms with Crippen LogP contribution in [0, 0.1) is 5.92 Å². The number of carbonyl (C=O) groups excluding carboxylic acids is 2. The fourth-order valence-electron chi connectivity index (χ4n) is 4.01. The molecule has 0 fully saturated rings. The van der Waals surface area contributed by atoms with E-state index in [1.165, 1.54) is 19.1 Å². The normalized spacial score (nSPS) is 17.3. The summed E-state index contributed by atoms with van der Waals surface area (Å²) in [7, 11) is 3.04. The van der Waals surface area contributed by atoms with Gasteiger partial charge in [-0.05, 0) is 35.7 Å². The van der Waals surface area contributed by atoms with Crippen molar-refractivity contribution >= 4 is 17.4 Å². The van der Waals surface area contributed by atoms with E-state index >= 15 is 0 Å². The first kappa shape index (κ1) is 21.5. The summed E-state index contributed by atoms with van der Waals surface area (Å²) >= 11 is 0. The average molecular weight is 439 g/mol. The highest BCUT2D eigenvalue weighted by atomic mass is 16.7. The van der Waals surface area contributed by atoms with E-state index in [9.17, 15) is 14.7 Å². The van der Waals surface area contributed by atoms with Gasteiger partial charge in [-0.2, -0.15) is 0 Å². The molecule has 0 aromatic heterocycles. The van der Waals surface area contributed by atoms with Crippen LogP contribution in [-0.4, -0.2) is 37.8 Å². The van der Waals surface area contributed by atoms with Crippen LogP contribution in [0.1, 0.15) is 31.9 Å². The number of nitrogens with zero attached hydrogens (tertiary/aromatic N) is 1. The topological polar surface area (TPSA) is 94.5 Å². The molecule has 2 aromatic carbocycles. The van der Waals surface area contributed by atoms with Crippen LogP contribution in [0.5, 0.6) is 23.0 Å². The first-order chi connectivity index (χ1) is 15.3. The Balaban J connectivity index is 1.86. The molecule has 2 aromatic rings. The van der Waals surface area contributed by atoms with Gasteiger partial charge in [-0.25, -0.2) is 0 Å². The maximum absolute atomic E-state index is 13.2. The second-order valence-electron chi connectivity index (χ2n) is 8.01. The predicted molar refractivity (Wildman–Crippen MR) is 116 cm³/mol. The average Bonchev–Trinajstić information content (AvgIpc) is 3.34. The molecule has 2 aliphatic heterocycles. The number of amides is 1. The lowest BCUT2D eigenvalue weighted by Gasteiger charge is -2.27. The standard InChI is InChI=1S/C24H25NO7/c1-13(2)9-16(26)21-22(14-5-7-17(29-3)19(10-14)30-4)25(24(28)23(21)27)15-6-8-18-20(11-15)32-12-31-18/h5-8,10-11,13,22,27H,9,12H2,1-4H3. The molecule has 0 bridgehead atoms. The van der Waals surface area contributed by atoms with Crippen LogP contribution in [0.15, 0.2) is 47.7 Å². The van der Waals surface area contributed by atoms with Gasteiger partial charge in [0.25, 0.3) is 5.91 Å². The van der Waals surface area contributed by atoms with Crippen LogP contribution in [-0.2, 0) is 9.59 Å². The van der Waals surface area contributed by atoms with E-state index in [1.54, 1.807) is 36.4 Å². The van der Waals surface area contributed by atoms with Crippen molar-refractivity contribution in [3.8, 4) is 23.0 Å². The summed E-state index contributed by atoms with van der Waals surface area (Å²) in [6, 6.07) is 9.38. The van der Waals surface area contributed by atoms with Gasteiger partial charge in [0.15, 0.2) is 34.5 Å². The second kappa shape index (κ2) is 8.45. The van der Waals surface area contributed by atoms with Crippen LogP contribution >= 0.6 is 0 Å². The quantitative estimate of drug-likeness (QED) is 0.698. The number of hydrogen-bond acceptors (Lipinski definition) is 7. The van der Waals surface area contributed by atoms with Gasteiger partial charge in [-0.3, -0.25) is 14.5 Å².